The lowest BCUT2D eigenvalue weighted by atomic mass is 10.1. The molecule has 98 valence electrons. The second-order valence-electron chi connectivity index (χ2n) is 4.38. The monoisotopic (exact) mass is 255 g/mol. The van der Waals surface area contributed by atoms with Gasteiger partial charge in [0.25, 0.3) is 5.91 Å². The van der Waals surface area contributed by atoms with Gasteiger partial charge in [0.1, 0.15) is 0 Å². The van der Waals surface area contributed by atoms with Gasteiger partial charge in [0.2, 0.25) is 0 Å². The molecule has 0 aliphatic carbocycles. The molecular formula is C16H17NO2. The van der Waals surface area contributed by atoms with E-state index in [1.807, 2.05) is 61.5 Å². The minimum absolute atomic E-state index is 0.0630. The minimum atomic E-state index is -0.0970. The summed E-state index contributed by atoms with van der Waals surface area (Å²) in [5.74, 6) is -0.0970. The Bertz CT molecular complexity index is 534. The van der Waals surface area contributed by atoms with Crippen molar-refractivity contribution >= 4 is 11.6 Å². The first-order chi connectivity index (χ1) is 9.22. The van der Waals surface area contributed by atoms with Crippen LogP contribution in [0.2, 0.25) is 0 Å². The van der Waals surface area contributed by atoms with E-state index in [0.29, 0.717) is 5.56 Å². The molecule has 0 bridgehead atoms. The average molecular weight is 255 g/mol. The summed E-state index contributed by atoms with van der Waals surface area (Å²) in [6.07, 6.45) is 0. The zero-order chi connectivity index (χ0) is 13.7. The zero-order valence-corrected chi connectivity index (χ0v) is 10.9. The summed E-state index contributed by atoms with van der Waals surface area (Å²) >= 11 is 0. The van der Waals surface area contributed by atoms with Crippen LogP contribution in [0.4, 0.5) is 5.69 Å². The lowest BCUT2D eigenvalue weighted by molar-refractivity contribution is 0.0981. The topological polar surface area (TPSA) is 40.5 Å². The van der Waals surface area contributed by atoms with Crippen LogP contribution in [0, 0.1) is 6.92 Å². The highest BCUT2D eigenvalue weighted by atomic mass is 16.3. The quantitative estimate of drug-likeness (QED) is 0.912. The van der Waals surface area contributed by atoms with Gasteiger partial charge in [-0.3, -0.25) is 4.79 Å². The number of rotatable bonds is 4. The lowest BCUT2D eigenvalue weighted by Crippen LogP contribution is -2.33. The zero-order valence-electron chi connectivity index (χ0n) is 10.9. The Balaban J connectivity index is 2.29. The number of carbonyl (C=O) groups is 1. The Kier molecular flexibility index (Phi) is 4.31. The van der Waals surface area contributed by atoms with Crippen molar-refractivity contribution in [1.29, 1.82) is 0 Å². The van der Waals surface area contributed by atoms with Gasteiger partial charge < -0.3 is 10.0 Å². The summed E-state index contributed by atoms with van der Waals surface area (Å²) < 4.78 is 0. The fourth-order valence-corrected chi connectivity index (χ4v) is 1.91. The van der Waals surface area contributed by atoms with E-state index in [9.17, 15) is 4.79 Å². The summed E-state index contributed by atoms with van der Waals surface area (Å²) in [7, 11) is 0. The van der Waals surface area contributed by atoms with Gasteiger partial charge in [0, 0.05) is 17.8 Å². The van der Waals surface area contributed by atoms with Gasteiger partial charge in [-0.15, -0.1) is 0 Å². The summed E-state index contributed by atoms with van der Waals surface area (Å²) in [6, 6.07) is 16.8. The Morgan fingerprint density at radius 1 is 1.05 bits per heavy atom. The molecule has 0 saturated carbocycles. The largest absolute Gasteiger partial charge is 0.395 e. The van der Waals surface area contributed by atoms with E-state index in [2.05, 4.69) is 0 Å². The number of anilines is 1. The van der Waals surface area contributed by atoms with Crippen molar-refractivity contribution in [2.24, 2.45) is 0 Å². The normalized spacial score (nSPS) is 10.2. The summed E-state index contributed by atoms with van der Waals surface area (Å²) in [5.41, 5.74) is 2.54. The highest BCUT2D eigenvalue weighted by Crippen LogP contribution is 2.16. The SMILES string of the molecule is Cc1ccc(C(=O)N(CCO)c2ccccc2)cc1. The van der Waals surface area contributed by atoms with Gasteiger partial charge >= 0.3 is 0 Å². The van der Waals surface area contributed by atoms with E-state index in [0.717, 1.165) is 11.3 Å². The van der Waals surface area contributed by atoms with Crippen LogP contribution in [0.15, 0.2) is 54.6 Å². The third kappa shape index (κ3) is 3.20. The molecule has 19 heavy (non-hydrogen) atoms. The van der Waals surface area contributed by atoms with E-state index in [-0.39, 0.29) is 19.1 Å². The predicted molar refractivity (Wildman–Crippen MR) is 76.4 cm³/mol. The van der Waals surface area contributed by atoms with E-state index in [4.69, 9.17) is 5.11 Å². The molecule has 0 aromatic heterocycles. The Morgan fingerprint density at radius 2 is 1.68 bits per heavy atom. The number of para-hydroxylation sites is 1. The highest BCUT2D eigenvalue weighted by molar-refractivity contribution is 6.06. The molecule has 1 N–H and O–H groups in total. The Labute approximate surface area is 113 Å². The minimum Gasteiger partial charge on any atom is -0.395 e. The molecule has 0 aliphatic rings. The van der Waals surface area contributed by atoms with Gasteiger partial charge in [-0.05, 0) is 31.2 Å². The maximum atomic E-state index is 12.5. The molecule has 0 spiro atoms. The van der Waals surface area contributed by atoms with Gasteiger partial charge in [0.15, 0.2) is 0 Å². The molecule has 0 saturated heterocycles. The predicted octanol–water partition coefficient (Wildman–Crippen LogP) is 2.63. The number of hydrogen-bond acceptors (Lipinski definition) is 2. The van der Waals surface area contributed by atoms with E-state index < -0.39 is 0 Å². The molecule has 0 fully saturated rings. The molecule has 0 aliphatic heterocycles. The van der Waals surface area contributed by atoms with Crippen molar-refractivity contribution in [3.8, 4) is 0 Å². The van der Waals surface area contributed by atoms with Crippen molar-refractivity contribution in [2.75, 3.05) is 18.1 Å². The molecule has 2 rings (SSSR count). The summed E-state index contributed by atoms with van der Waals surface area (Å²) in [5, 5.41) is 9.14. The molecule has 2 aromatic carbocycles. The molecule has 1 amide bonds. The van der Waals surface area contributed by atoms with E-state index in [1.165, 1.54) is 0 Å². The van der Waals surface area contributed by atoms with Crippen molar-refractivity contribution in [2.45, 2.75) is 6.92 Å². The third-order valence-corrected chi connectivity index (χ3v) is 2.94. The van der Waals surface area contributed by atoms with Gasteiger partial charge in [-0.1, -0.05) is 35.9 Å². The summed E-state index contributed by atoms with van der Waals surface area (Å²) in [4.78, 5) is 14.0. The molecule has 2 aromatic rings. The van der Waals surface area contributed by atoms with E-state index >= 15 is 0 Å². The van der Waals surface area contributed by atoms with Crippen molar-refractivity contribution < 1.29 is 9.90 Å². The molecule has 0 unspecified atom stereocenters. The maximum absolute atomic E-state index is 12.5. The fraction of sp³-hybridized carbons (Fsp3) is 0.188. The molecule has 0 heterocycles. The Hall–Kier alpha value is -2.13. The number of aliphatic hydroxyl groups excluding tert-OH is 1. The number of aryl methyl sites for hydroxylation is 1. The van der Waals surface area contributed by atoms with Crippen LogP contribution in [0.1, 0.15) is 15.9 Å². The number of hydrogen-bond donors (Lipinski definition) is 1. The molecule has 0 radical (unpaired) electrons. The van der Waals surface area contributed by atoms with E-state index in [1.54, 1.807) is 4.90 Å². The smallest absolute Gasteiger partial charge is 0.258 e. The Morgan fingerprint density at radius 3 is 2.26 bits per heavy atom. The lowest BCUT2D eigenvalue weighted by Gasteiger charge is -2.22. The molecule has 0 atom stereocenters. The van der Waals surface area contributed by atoms with Gasteiger partial charge in [-0.25, -0.2) is 0 Å². The van der Waals surface area contributed by atoms with Crippen LogP contribution in [0.3, 0.4) is 0 Å². The van der Waals surface area contributed by atoms with Crippen LogP contribution in [0.25, 0.3) is 0 Å². The highest BCUT2D eigenvalue weighted by Gasteiger charge is 2.16. The first kappa shape index (κ1) is 13.3. The van der Waals surface area contributed by atoms with Gasteiger partial charge in [-0.2, -0.15) is 0 Å². The number of carbonyl (C=O) groups excluding carboxylic acids is 1. The number of amides is 1. The second kappa shape index (κ2) is 6.16. The van der Waals surface area contributed by atoms with Crippen molar-refractivity contribution in [3.05, 3.63) is 65.7 Å². The van der Waals surface area contributed by atoms with Crippen molar-refractivity contribution in [3.63, 3.8) is 0 Å². The van der Waals surface area contributed by atoms with Crippen LogP contribution in [0.5, 0.6) is 0 Å². The maximum Gasteiger partial charge on any atom is 0.258 e. The molecule has 3 heteroatoms. The number of aliphatic hydroxyl groups is 1. The number of nitrogens with zero attached hydrogens (tertiary/aromatic N) is 1. The molecule has 3 nitrogen and oxygen atoms in total. The van der Waals surface area contributed by atoms with Crippen LogP contribution in [-0.2, 0) is 0 Å². The standard InChI is InChI=1S/C16H17NO2/c1-13-7-9-14(10-8-13)16(19)17(11-12-18)15-5-3-2-4-6-15/h2-10,18H,11-12H2,1H3. The second-order valence-corrected chi connectivity index (χ2v) is 4.38. The number of benzene rings is 2. The summed E-state index contributed by atoms with van der Waals surface area (Å²) in [6.45, 7) is 2.21. The van der Waals surface area contributed by atoms with Crippen LogP contribution < -0.4 is 4.90 Å². The first-order valence-corrected chi connectivity index (χ1v) is 6.27. The van der Waals surface area contributed by atoms with Crippen LogP contribution >= 0.6 is 0 Å². The third-order valence-electron chi connectivity index (χ3n) is 2.94. The fourth-order valence-electron chi connectivity index (χ4n) is 1.91. The van der Waals surface area contributed by atoms with Crippen molar-refractivity contribution in [1.82, 2.24) is 0 Å². The first-order valence-electron chi connectivity index (χ1n) is 6.27. The van der Waals surface area contributed by atoms with Crippen LogP contribution in [-0.4, -0.2) is 24.2 Å². The average Bonchev–Trinajstić information content (AvgIpc) is 2.46. The van der Waals surface area contributed by atoms with Gasteiger partial charge in [0.05, 0.1) is 6.61 Å². The molecular weight excluding hydrogens is 238 g/mol.